The second kappa shape index (κ2) is 3.51. The quantitative estimate of drug-likeness (QED) is 0.725. The van der Waals surface area contributed by atoms with Gasteiger partial charge in [-0.3, -0.25) is 4.79 Å². The van der Waals surface area contributed by atoms with E-state index in [4.69, 9.17) is 4.74 Å². The molecule has 0 saturated carbocycles. The van der Waals surface area contributed by atoms with Crippen molar-refractivity contribution in [1.29, 1.82) is 0 Å². The number of anilines is 1. The van der Waals surface area contributed by atoms with E-state index in [0.29, 0.717) is 6.42 Å². The largest absolute Gasteiger partial charge is 0.497 e. The number of nitrogens with zero attached hydrogens (tertiary/aromatic N) is 1. The lowest BCUT2D eigenvalue weighted by atomic mass is 9.77. The van der Waals surface area contributed by atoms with E-state index < -0.39 is 0 Å². The number of fused-ring (bicyclic) bond motifs is 1. The van der Waals surface area contributed by atoms with Crippen LogP contribution < -0.4 is 9.64 Å². The highest BCUT2D eigenvalue weighted by atomic mass is 16.5. The van der Waals surface area contributed by atoms with E-state index in [1.807, 2.05) is 25.2 Å². The number of carbonyl (C=O) groups excluding carboxylic acids is 1. The Morgan fingerprint density at radius 1 is 1.38 bits per heavy atom. The normalized spacial score (nSPS) is 18.2. The number of amides is 1. The summed E-state index contributed by atoms with van der Waals surface area (Å²) in [6.45, 7) is 4.19. The summed E-state index contributed by atoms with van der Waals surface area (Å²) in [7, 11) is 3.48. The van der Waals surface area contributed by atoms with Gasteiger partial charge >= 0.3 is 0 Å². The third-order valence-corrected chi connectivity index (χ3v) is 3.26. The Balaban J connectivity index is 2.59. The van der Waals surface area contributed by atoms with Gasteiger partial charge in [-0.05, 0) is 23.8 Å². The molecular weight excluding hydrogens is 202 g/mol. The molecular formula is C13H17NO2. The van der Waals surface area contributed by atoms with Crippen molar-refractivity contribution in [3.63, 3.8) is 0 Å². The zero-order valence-corrected chi connectivity index (χ0v) is 10.2. The molecule has 3 heteroatoms. The Morgan fingerprint density at radius 2 is 2.06 bits per heavy atom. The minimum Gasteiger partial charge on any atom is -0.497 e. The topological polar surface area (TPSA) is 29.5 Å². The maximum absolute atomic E-state index is 11.8. The summed E-state index contributed by atoms with van der Waals surface area (Å²) in [5.74, 6) is 1.01. The Kier molecular flexibility index (Phi) is 2.41. The van der Waals surface area contributed by atoms with Crippen molar-refractivity contribution in [2.75, 3.05) is 19.1 Å². The summed E-state index contributed by atoms with van der Waals surface area (Å²) < 4.78 is 5.23. The van der Waals surface area contributed by atoms with E-state index in [-0.39, 0.29) is 11.3 Å². The van der Waals surface area contributed by atoms with E-state index in [1.54, 1.807) is 12.0 Å². The molecule has 0 spiro atoms. The van der Waals surface area contributed by atoms with Crippen molar-refractivity contribution in [2.45, 2.75) is 25.7 Å². The van der Waals surface area contributed by atoms with E-state index in [1.165, 1.54) is 5.56 Å². The SMILES string of the molecule is COc1ccc2c(c1)C(C)(C)CC(=O)N2C. The molecule has 0 unspecified atom stereocenters. The predicted octanol–water partition coefficient (Wildman–Crippen LogP) is 2.34. The minimum absolute atomic E-state index is 0.118. The van der Waals surface area contributed by atoms with Gasteiger partial charge in [-0.25, -0.2) is 0 Å². The van der Waals surface area contributed by atoms with Crippen LogP contribution >= 0.6 is 0 Å². The molecule has 1 aromatic rings. The Bertz CT molecular complexity index is 438. The summed E-state index contributed by atoms with van der Waals surface area (Å²) in [6.07, 6.45) is 0.545. The first-order valence-corrected chi connectivity index (χ1v) is 5.41. The Labute approximate surface area is 96.0 Å². The number of rotatable bonds is 1. The molecule has 0 fully saturated rings. The van der Waals surface area contributed by atoms with Crippen LogP contribution in [-0.4, -0.2) is 20.1 Å². The minimum atomic E-state index is -0.118. The number of methoxy groups -OCH3 is 1. The Morgan fingerprint density at radius 3 is 2.69 bits per heavy atom. The van der Waals surface area contributed by atoms with E-state index in [0.717, 1.165) is 11.4 Å². The summed E-state index contributed by atoms with van der Waals surface area (Å²) in [5.41, 5.74) is 2.05. The number of hydrogen-bond acceptors (Lipinski definition) is 2. The van der Waals surface area contributed by atoms with Crippen LogP contribution in [0.2, 0.25) is 0 Å². The van der Waals surface area contributed by atoms with E-state index >= 15 is 0 Å². The number of ether oxygens (including phenoxy) is 1. The molecule has 0 N–H and O–H groups in total. The van der Waals surface area contributed by atoms with Gasteiger partial charge in [0.2, 0.25) is 5.91 Å². The molecule has 1 amide bonds. The molecule has 1 aliphatic heterocycles. The molecule has 1 heterocycles. The van der Waals surface area contributed by atoms with Crippen LogP contribution in [0.1, 0.15) is 25.8 Å². The van der Waals surface area contributed by atoms with Crippen molar-refractivity contribution in [3.8, 4) is 5.75 Å². The lowest BCUT2D eigenvalue weighted by molar-refractivity contribution is -0.119. The molecule has 1 aliphatic rings. The second-order valence-electron chi connectivity index (χ2n) is 4.90. The summed E-state index contributed by atoms with van der Waals surface area (Å²) in [4.78, 5) is 13.5. The van der Waals surface area contributed by atoms with Gasteiger partial charge in [-0.15, -0.1) is 0 Å². The van der Waals surface area contributed by atoms with Gasteiger partial charge in [-0.1, -0.05) is 13.8 Å². The van der Waals surface area contributed by atoms with Crippen LogP contribution in [0.25, 0.3) is 0 Å². The van der Waals surface area contributed by atoms with Gasteiger partial charge in [-0.2, -0.15) is 0 Å². The maximum Gasteiger partial charge on any atom is 0.227 e. The third kappa shape index (κ3) is 1.56. The summed E-state index contributed by atoms with van der Waals surface area (Å²) >= 11 is 0. The smallest absolute Gasteiger partial charge is 0.227 e. The van der Waals surface area contributed by atoms with Gasteiger partial charge in [0, 0.05) is 24.6 Å². The van der Waals surface area contributed by atoms with Crippen LogP contribution in [0, 0.1) is 0 Å². The van der Waals surface area contributed by atoms with Crippen LogP contribution in [0.3, 0.4) is 0 Å². The van der Waals surface area contributed by atoms with Gasteiger partial charge in [0.15, 0.2) is 0 Å². The predicted molar refractivity (Wildman–Crippen MR) is 64.0 cm³/mol. The van der Waals surface area contributed by atoms with Gasteiger partial charge in [0.05, 0.1) is 7.11 Å². The first kappa shape index (κ1) is 11.0. The van der Waals surface area contributed by atoms with Crippen molar-refractivity contribution >= 4 is 11.6 Å². The number of hydrogen-bond donors (Lipinski definition) is 0. The van der Waals surface area contributed by atoms with Crippen molar-refractivity contribution in [3.05, 3.63) is 23.8 Å². The summed E-state index contributed by atoms with van der Waals surface area (Å²) in [6, 6.07) is 5.87. The lowest BCUT2D eigenvalue weighted by Gasteiger charge is -2.37. The first-order chi connectivity index (χ1) is 7.45. The molecule has 1 aromatic carbocycles. The van der Waals surface area contributed by atoms with Gasteiger partial charge in [0.25, 0.3) is 0 Å². The van der Waals surface area contributed by atoms with E-state index in [2.05, 4.69) is 13.8 Å². The molecule has 0 saturated heterocycles. The fourth-order valence-electron chi connectivity index (χ4n) is 2.20. The monoisotopic (exact) mass is 219 g/mol. The highest BCUT2D eigenvalue weighted by molar-refractivity contribution is 5.97. The highest BCUT2D eigenvalue weighted by Gasteiger charge is 2.35. The second-order valence-corrected chi connectivity index (χ2v) is 4.90. The van der Waals surface area contributed by atoms with Crippen LogP contribution in [0.4, 0.5) is 5.69 Å². The van der Waals surface area contributed by atoms with E-state index in [9.17, 15) is 4.79 Å². The fraction of sp³-hybridized carbons (Fsp3) is 0.462. The number of carbonyl (C=O) groups is 1. The molecule has 16 heavy (non-hydrogen) atoms. The van der Waals surface area contributed by atoms with Gasteiger partial charge < -0.3 is 9.64 Å². The molecule has 0 atom stereocenters. The molecule has 0 aliphatic carbocycles. The number of benzene rings is 1. The average Bonchev–Trinajstić information content (AvgIpc) is 2.25. The average molecular weight is 219 g/mol. The third-order valence-electron chi connectivity index (χ3n) is 3.26. The van der Waals surface area contributed by atoms with Crippen LogP contribution in [-0.2, 0) is 10.2 Å². The maximum atomic E-state index is 11.8. The zero-order valence-electron chi connectivity index (χ0n) is 10.2. The molecule has 0 bridgehead atoms. The van der Waals surface area contributed by atoms with Crippen LogP contribution in [0.5, 0.6) is 5.75 Å². The molecule has 86 valence electrons. The molecule has 3 nitrogen and oxygen atoms in total. The first-order valence-electron chi connectivity index (χ1n) is 5.41. The van der Waals surface area contributed by atoms with Crippen molar-refractivity contribution < 1.29 is 9.53 Å². The highest BCUT2D eigenvalue weighted by Crippen LogP contribution is 2.41. The fourth-order valence-corrected chi connectivity index (χ4v) is 2.20. The zero-order chi connectivity index (χ0) is 11.9. The van der Waals surface area contributed by atoms with Gasteiger partial charge in [0.1, 0.15) is 5.75 Å². The Hall–Kier alpha value is -1.51. The lowest BCUT2D eigenvalue weighted by Crippen LogP contribution is -2.39. The standard InChI is InChI=1S/C13H17NO2/c1-13(2)8-12(15)14(3)11-6-5-9(16-4)7-10(11)13/h5-7H,8H2,1-4H3. The summed E-state index contributed by atoms with van der Waals surface area (Å²) in [5, 5.41) is 0. The van der Waals surface area contributed by atoms with Crippen LogP contribution in [0.15, 0.2) is 18.2 Å². The van der Waals surface area contributed by atoms with Crippen molar-refractivity contribution in [2.24, 2.45) is 0 Å². The van der Waals surface area contributed by atoms with Crippen molar-refractivity contribution in [1.82, 2.24) is 0 Å². The molecule has 2 rings (SSSR count). The molecule has 0 radical (unpaired) electrons. The molecule has 0 aromatic heterocycles.